The van der Waals surface area contributed by atoms with Crippen molar-refractivity contribution >= 4 is 32.6 Å². The minimum absolute atomic E-state index is 0.107. The summed E-state index contributed by atoms with van der Waals surface area (Å²) in [6.45, 7) is 7.44. The van der Waals surface area contributed by atoms with Crippen molar-refractivity contribution in [2.75, 3.05) is 4.72 Å². The van der Waals surface area contributed by atoms with Crippen molar-refractivity contribution in [3.8, 4) is 0 Å². The highest BCUT2D eigenvalue weighted by atomic mass is 32.2. The molecular weight excluding hydrogens is 466 g/mol. The lowest BCUT2D eigenvalue weighted by molar-refractivity contribution is 0.0474. The van der Waals surface area contributed by atoms with Crippen LogP contribution in [-0.2, 0) is 21.4 Å². The van der Waals surface area contributed by atoms with Crippen molar-refractivity contribution in [3.63, 3.8) is 0 Å². The Balaban J connectivity index is 1.48. The van der Waals surface area contributed by atoms with Gasteiger partial charge in [-0.05, 0) is 86.3 Å². The van der Waals surface area contributed by atoms with Gasteiger partial charge in [0.2, 0.25) is 0 Å². The maximum Gasteiger partial charge on any atom is 0.338 e. The van der Waals surface area contributed by atoms with Gasteiger partial charge in [-0.25, -0.2) is 18.0 Å². The summed E-state index contributed by atoms with van der Waals surface area (Å²) < 4.78 is 38.7. The molecule has 0 aliphatic rings. The van der Waals surface area contributed by atoms with Crippen LogP contribution < -0.4 is 10.3 Å². The fraction of sp³-hybridized carbons (Fsp3) is 0.185. The molecule has 0 saturated carbocycles. The maximum atomic E-state index is 12.7. The number of benzene rings is 3. The van der Waals surface area contributed by atoms with E-state index in [1.807, 2.05) is 39.8 Å². The van der Waals surface area contributed by atoms with Gasteiger partial charge in [0.15, 0.2) is 0 Å². The van der Waals surface area contributed by atoms with Crippen LogP contribution in [0.3, 0.4) is 0 Å². The number of hydrogen-bond donors (Lipinski definition) is 1. The second-order valence-electron chi connectivity index (χ2n) is 8.48. The van der Waals surface area contributed by atoms with Gasteiger partial charge in [-0.3, -0.25) is 4.72 Å². The fourth-order valence-corrected chi connectivity index (χ4v) is 4.78. The molecule has 0 aliphatic carbocycles. The van der Waals surface area contributed by atoms with Gasteiger partial charge in [-0.2, -0.15) is 0 Å². The summed E-state index contributed by atoms with van der Waals surface area (Å²) >= 11 is 0. The highest BCUT2D eigenvalue weighted by molar-refractivity contribution is 7.92. The quantitative estimate of drug-likeness (QED) is 0.294. The Labute approximate surface area is 203 Å². The van der Waals surface area contributed by atoms with Crippen molar-refractivity contribution in [3.05, 3.63) is 104 Å². The molecule has 0 radical (unpaired) electrons. The van der Waals surface area contributed by atoms with Crippen LogP contribution in [0.4, 0.5) is 5.69 Å². The first kappa shape index (κ1) is 24.2. The number of fused-ring (bicyclic) bond motifs is 1. The minimum atomic E-state index is -3.77. The number of rotatable bonds is 6. The number of anilines is 1. The van der Waals surface area contributed by atoms with E-state index in [0.29, 0.717) is 22.2 Å². The zero-order valence-electron chi connectivity index (χ0n) is 19.8. The first-order valence-electron chi connectivity index (χ1n) is 11.0. The maximum absolute atomic E-state index is 12.7. The van der Waals surface area contributed by atoms with Gasteiger partial charge >= 0.3 is 11.6 Å². The van der Waals surface area contributed by atoms with Gasteiger partial charge in [-0.1, -0.05) is 18.2 Å². The normalized spacial score (nSPS) is 11.4. The van der Waals surface area contributed by atoms with Crippen LogP contribution in [0.5, 0.6) is 0 Å². The monoisotopic (exact) mass is 491 g/mol. The summed E-state index contributed by atoms with van der Waals surface area (Å²) in [5, 5.41) is 0.705. The molecule has 3 aromatic carbocycles. The van der Waals surface area contributed by atoms with E-state index in [2.05, 4.69) is 4.72 Å². The summed E-state index contributed by atoms with van der Waals surface area (Å²) in [4.78, 5) is 24.8. The number of aryl methyl sites for hydroxylation is 4. The Morgan fingerprint density at radius 1 is 0.886 bits per heavy atom. The van der Waals surface area contributed by atoms with Gasteiger partial charge in [0, 0.05) is 22.7 Å². The lowest BCUT2D eigenvalue weighted by Crippen LogP contribution is -2.13. The molecule has 7 nitrogen and oxygen atoms in total. The first-order chi connectivity index (χ1) is 16.5. The van der Waals surface area contributed by atoms with Crippen LogP contribution in [0.2, 0.25) is 0 Å². The molecule has 8 heteroatoms. The molecule has 0 fully saturated rings. The van der Waals surface area contributed by atoms with E-state index in [1.54, 1.807) is 18.2 Å². The molecule has 1 N–H and O–H groups in total. The average molecular weight is 492 g/mol. The van der Waals surface area contributed by atoms with Gasteiger partial charge in [0.05, 0.1) is 10.5 Å². The molecule has 1 heterocycles. The number of carbonyl (C=O) groups is 1. The summed E-state index contributed by atoms with van der Waals surface area (Å²) in [5.74, 6) is -0.598. The van der Waals surface area contributed by atoms with E-state index in [4.69, 9.17) is 9.15 Å². The van der Waals surface area contributed by atoms with E-state index in [-0.39, 0.29) is 17.1 Å². The van der Waals surface area contributed by atoms with E-state index >= 15 is 0 Å². The van der Waals surface area contributed by atoms with Crippen molar-refractivity contribution in [2.45, 2.75) is 39.2 Å². The lowest BCUT2D eigenvalue weighted by atomic mass is 10.0. The predicted octanol–water partition coefficient (Wildman–Crippen LogP) is 5.18. The number of carbonyl (C=O) groups excluding carboxylic acids is 1. The standard InChI is InChI=1S/C27H25NO6S/c1-16-5-11-23(13-18(16)3)35(31,32)28-22-9-7-20(8-10-22)27(30)33-15-21-14-25(29)34-26-19(4)17(2)6-12-24(21)26/h5-14,28H,15H2,1-4H3. The average Bonchev–Trinajstić information content (AvgIpc) is 2.82. The third-order valence-corrected chi connectivity index (χ3v) is 7.42. The van der Waals surface area contributed by atoms with Crippen LogP contribution in [0.25, 0.3) is 11.0 Å². The summed E-state index contributed by atoms with van der Waals surface area (Å²) in [6.07, 6.45) is 0. The minimum Gasteiger partial charge on any atom is -0.457 e. The van der Waals surface area contributed by atoms with Crippen LogP contribution in [0, 0.1) is 27.7 Å². The van der Waals surface area contributed by atoms with Crippen LogP contribution >= 0.6 is 0 Å². The second-order valence-corrected chi connectivity index (χ2v) is 10.2. The topological polar surface area (TPSA) is 103 Å². The molecular formula is C27H25NO6S. The van der Waals surface area contributed by atoms with E-state index in [1.165, 1.54) is 30.3 Å². The van der Waals surface area contributed by atoms with Crippen LogP contribution in [0.1, 0.15) is 38.2 Å². The number of hydrogen-bond acceptors (Lipinski definition) is 6. The first-order valence-corrected chi connectivity index (χ1v) is 12.4. The molecule has 0 saturated heterocycles. The summed E-state index contributed by atoms with van der Waals surface area (Å²) in [6, 6.07) is 15.9. The van der Waals surface area contributed by atoms with Crippen LogP contribution in [0.15, 0.2) is 74.8 Å². The highest BCUT2D eigenvalue weighted by Crippen LogP contribution is 2.24. The second kappa shape index (κ2) is 9.38. The third kappa shape index (κ3) is 5.12. The molecule has 0 atom stereocenters. The molecule has 0 aliphatic heterocycles. The number of nitrogens with one attached hydrogen (secondary N) is 1. The largest absolute Gasteiger partial charge is 0.457 e. The van der Waals surface area contributed by atoms with E-state index in [9.17, 15) is 18.0 Å². The molecule has 180 valence electrons. The fourth-order valence-electron chi connectivity index (χ4n) is 3.64. The van der Waals surface area contributed by atoms with E-state index < -0.39 is 21.6 Å². The van der Waals surface area contributed by atoms with Gasteiger partial charge in [0.1, 0.15) is 12.2 Å². The summed E-state index contributed by atoms with van der Waals surface area (Å²) in [7, 11) is -3.77. The Morgan fingerprint density at radius 3 is 2.26 bits per heavy atom. The van der Waals surface area contributed by atoms with Crippen molar-refractivity contribution in [2.24, 2.45) is 0 Å². The lowest BCUT2D eigenvalue weighted by Gasteiger charge is -2.11. The van der Waals surface area contributed by atoms with Crippen molar-refractivity contribution in [1.82, 2.24) is 0 Å². The molecule has 1 aromatic heterocycles. The van der Waals surface area contributed by atoms with Crippen molar-refractivity contribution in [1.29, 1.82) is 0 Å². The number of esters is 1. The third-order valence-electron chi connectivity index (χ3n) is 6.04. The molecule has 4 aromatic rings. The Hall–Kier alpha value is -3.91. The van der Waals surface area contributed by atoms with Crippen LogP contribution in [-0.4, -0.2) is 14.4 Å². The van der Waals surface area contributed by atoms with Gasteiger partial charge in [-0.15, -0.1) is 0 Å². The zero-order valence-corrected chi connectivity index (χ0v) is 20.7. The Bertz CT molecular complexity index is 1600. The summed E-state index contributed by atoms with van der Waals surface area (Å²) in [5.41, 5.74) is 4.79. The number of sulfonamides is 1. The zero-order chi connectivity index (χ0) is 25.3. The van der Waals surface area contributed by atoms with Crippen molar-refractivity contribution < 1.29 is 22.4 Å². The Morgan fingerprint density at radius 2 is 1.57 bits per heavy atom. The molecule has 0 bridgehead atoms. The SMILES string of the molecule is Cc1ccc(S(=O)(=O)Nc2ccc(C(=O)OCc3cc(=O)oc4c(C)c(C)ccc34)cc2)cc1C. The smallest absolute Gasteiger partial charge is 0.338 e. The molecule has 0 unspecified atom stereocenters. The number of ether oxygens (including phenoxy) is 1. The molecule has 0 amide bonds. The Kier molecular flexibility index (Phi) is 6.49. The van der Waals surface area contributed by atoms with Gasteiger partial charge < -0.3 is 9.15 Å². The van der Waals surface area contributed by atoms with Gasteiger partial charge in [0.25, 0.3) is 10.0 Å². The highest BCUT2D eigenvalue weighted by Gasteiger charge is 2.16. The molecule has 0 spiro atoms. The predicted molar refractivity (Wildman–Crippen MR) is 134 cm³/mol. The molecule has 4 rings (SSSR count). The van der Waals surface area contributed by atoms with E-state index in [0.717, 1.165) is 22.3 Å². The molecule has 35 heavy (non-hydrogen) atoms.